The van der Waals surface area contributed by atoms with Crippen molar-refractivity contribution in [3.63, 3.8) is 0 Å². The van der Waals surface area contributed by atoms with Crippen LogP contribution < -0.4 is 9.30 Å². The quantitative estimate of drug-likeness (QED) is 0.696. The molecule has 0 radical (unpaired) electrons. The average molecular weight is 433 g/mol. The zero-order valence-corrected chi connectivity index (χ0v) is 18.0. The summed E-state index contributed by atoms with van der Waals surface area (Å²) < 4.78 is 20.8. The summed E-state index contributed by atoms with van der Waals surface area (Å²) in [6.07, 6.45) is 9.63. The monoisotopic (exact) mass is 432 g/mol. The van der Waals surface area contributed by atoms with Crippen molar-refractivity contribution >= 4 is 17.6 Å². The van der Waals surface area contributed by atoms with Crippen LogP contribution in [0.2, 0.25) is 5.02 Å². The van der Waals surface area contributed by atoms with Crippen LogP contribution in [0.15, 0.2) is 36.9 Å². The van der Waals surface area contributed by atoms with Crippen molar-refractivity contribution in [2.45, 2.75) is 69.8 Å². The second-order valence-corrected chi connectivity index (χ2v) is 8.92. The van der Waals surface area contributed by atoms with Crippen LogP contribution in [0.5, 0.6) is 5.75 Å². The lowest BCUT2D eigenvalue weighted by Crippen LogP contribution is -2.50. The maximum Gasteiger partial charge on any atom is 0.416 e. The molecule has 0 spiro atoms. The zero-order chi connectivity index (χ0) is 20.8. The van der Waals surface area contributed by atoms with E-state index in [0.717, 1.165) is 31.2 Å². The Morgan fingerprint density at radius 3 is 2.60 bits per heavy atom. The molecule has 2 bridgehead atoms. The number of carbonyl (C=O) groups is 1. The summed E-state index contributed by atoms with van der Waals surface area (Å²) >= 11 is 6.50. The molecule has 1 aromatic heterocycles. The standard InChI is InChI=1S/C22H27ClN3O4/c1-14-28-21(29-14)10-15-3-6-20(19(23)9-15)30-18-11-16-4-5-17(12-18)26(16)22(27)25-8-7-24(2)13-25/h3,6-9,13-14,16-18,21H,4-5,10-12H2,1-2H3/q+1/t14?,16-,17+,18?,21?. The molecule has 1 amide bonds. The van der Waals surface area contributed by atoms with Gasteiger partial charge in [0.25, 0.3) is 6.33 Å². The number of carbonyl (C=O) groups excluding carboxylic acids is 1. The molecule has 0 N–H and O–H groups in total. The minimum Gasteiger partial charge on any atom is -0.489 e. The number of hydrogen-bond donors (Lipinski definition) is 0. The fourth-order valence-electron chi connectivity index (χ4n) is 4.91. The Kier molecular flexibility index (Phi) is 5.21. The van der Waals surface area contributed by atoms with Gasteiger partial charge in [-0.1, -0.05) is 17.7 Å². The van der Waals surface area contributed by atoms with Crippen LogP contribution in [0.1, 0.15) is 38.2 Å². The summed E-state index contributed by atoms with van der Waals surface area (Å²) in [5, 5.41) is 0.602. The number of aromatic nitrogens is 2. The molecule has 5 rings (SSSR count). The summed E-state index contributed by atoms with van der Waals surface area (Å²) in [6.45, 7) is 1.88. The number of amides is 1. The first kappa shape index (κ1) is 19.8. The Bertz CT molecular complexity index is 928. The Morgan fingerprint density at radius 2 is 2.00 bits per heavy atom. The zero-order valence-electron chi connectivity index (χ0n) is 17.2. The fraction of sp³-hybridized carbons (Fsp3) is 0.545. The van der Waals surface area contributed by atoms with Gasteiger partial charge in [0.15, 0.2) is 12.6 Å². The molecule has 0 aliphatic carbocycles. The third-order valence-corrected chi connectivity index (χ3v) is 6.58. The molecular formula is C22H27ClN3O4+. The highest BCUT2D eigenvalue weighted by atomic mass is 35.5. The summed E-state index contributed by atoms with van der Waals surface area (Å²) in [5.74, 6) is 0.700. The SMILES string of the molecule is CC1OC(Cc2ccc(OC3C[C@H]4CC[C@@H](C3)N4C(=O)n3cc[n+](C)c3)c(Cl)c2)O1. The molecule has 3 saturated heterocycles. The van der Waals surface area contributed by atoms with E-state index >= 15 is 0 Å². The normalized spacial score (nSPS) is 30.2. The Morgan fingerprint density at radius 1 is 1.27 bits per heavy atom. The molecule has 0 saturated carbocycles. The van der Waals surface area contributed by atoms with E-state index in [2.05, 4.69) is 0 Å². The van der Waals surface area contributed by atoms with E-state index < -0.39 is 0 Å². The van der Waals surface area contributed by atoms with Gasteiger partial charge < -0.3 is 14.2 Å². The van der Waals surface area contributed by atoms with Gasteiger partial charge in [-0.05, 0) is 37.5 Å². The van der Waals surface area contributed by atoms with Crippen molar-refractivity contribution in [1.29, 1.82) is 0 Å². The van der Waals surface area contributed by atoms with Crippen LogP contribution in [-0.4, -0.2) is 46.3 Å². The van der Waals surface area contributed by atoms with E-state index in [4.69, 9.17) is 25.8 Å². The maximum absolute atomic E-state index is 13.0. The van der Waals surface area contributed by atoms with Crippen molar-refractivity contribution in [2.75, 3.05) is 0 Å². The van der Waals surface area contributed by atoms with Crippen molar-refractivity contribution in [1.82, 2.24) is 9.47 Å². The molecule has 160 valence electrons. The number of imidazole rings is 1. The molecule has 3 aliphatic rings. The summed E-state index contributed by atoms with van der Waals surface area (Å²) in [7, 11) is 1.92. The highest BCUT2D eigenvalue weighted by Crippen LogP contribution is 2.39. The van der Waals surface area contributed by atoms with E-state index in [1.807, 2.05) is 60.4 Å². The van der Waals surface area contributed by atoms with Crippen LogP contribution in [0, 0.1) is 0 Å². The molecule has 4 heterocycles. The number of hydrogen-bond acceptors (Lipinski definition) is 4. The Hall–Kier alpha value is -2.09. The van der Waals surface area contributed by atoms with Crippen LogP contribution >= 0.6 is 11.6 Å². The molecule has 2 aromatic rings. The van der Waals surface area contributed by atoms with Gasteiger partial charge in [-0.2, -0.15) is 4.57 Å². The minimum atomic E-state index is -0.192. The van der Waals surface area contributed by atoms with Gasteiger partial charge in [0.2, 0.25) is 0 Å². The topological polar surface area (TPSA) is 56.8 Å². The highest BCUT2D eigenvalue weighted by molar-refractivity contribution is 6.32. The van der Waals surface area contributed by atoms with Gasteiger partial charge in [0.05, 0.1) is 12.1 Å². The van der Waals surface area contributed by atoms with Gasteiger partial charge in [0, 0.05) is 31.3 Å². The number of ether oxygens (including phenoxy) is 3. The molecule has 3 fully saturated rings. The first-order valence-electron chi connectivity index (χ1n) is 10.6. The highest BCUT2D eigenvalue weighted by Gasteiger charge is 2.46. The molecular weight excluding hydrogens is 406 g/mol. The fourth-order valence-corrected chi connectivity index (χ4v) is 5.15. The first-order valence-corrected chi connectivity index (χ1v) is 11.0. The van der Waals surface area contributed by atoms with Gasteiger partial charge in [-0.15, -0.1) is 0 Å². The second kappa shape index (κ2) is 7.87. The summed E-state index contributed by atoms with van der Waals surface area (Å²) in [4.78, 5) is 15.0. The van der Waals surface area contributed by atoms with E-state index in [1.54, 1.807) is 4.57 Å². The molecule has 1 unspecified atom stereocenters. The summed E-state index contributed by atoms with van der Waals surface area (Å²) in [5.41, 5.74) is 1.06. The van der Waals surface area contributed by atoms with Gasteiger partial charge in [-0.3, -0.25) is 4.90 Å². The molecule has 3 atom stereocenters. The number of aryl methyl sites for hydroxylation is 1. The van der Waals surface area contributed by atoms with E-state index in [-0.39, 0.29) is 36.8 Å². The average Bonchev–Trinajstić information content (AvgIpc) is 3.23. The predicted molar refractivity (Wildman–Crippen MR) is 109 cm³/mol. The van der Waals surface area contributed by atoms with Gasteiger partial charge >= 0.3 is 6.03 Å². The minimum absolute atomic E-state index is 0.0543. The largest absolute Gasteiger partial charge is 0.489 e. The van der Waals surface area contributed by atoms with Crippen LogP contribution in [0.3, 0.4) is 0 Å². The van der Waals surface area contributed by atoms with E-state index in [1.165, 1.54) is 0 Å². The Labute approximate surface area is 181 Å². The number of nitrogens with zero attached hydrogens (tertiary/aromatic N) is 3. The van der Waals surface area contributed by atoms with Gasteiger partial charge in [-0.25, -0.2) is 9.36 Å². The smallest absolute Gasteiger partial charge is 0.416 e. The number of rotatable bonds is 4. The van der Waals surface area contributed by atoms with E-state index in [9.17, 15) is 4.79 Å². The summed E-state index contributed by atoms with van der Waals surface area (Å²) in [6, 6.07) is 6.34. The number of piperidine rings is 1. The lowest BCUT2D eigenvalue weighted by molar-refractivity contribution is -0.670. The van der Waals surface area contributed by atoms with Crippen LogP contribution in [0.4, 0.5) is 4.79 Å². The first-order chi connectivity index (χ1) is 14.5. The van der Waals surface area contributed by atoms with Crippen LogP contribution in [-0.2, 0) is 22.9 Å². The second-order valence-electron chi connectivity index (χ2n) is 8.51. The van der Waals surface area contributed by atoms with Crippen LogP contribution in [0.25, 0.3) is 0 Å². The molecule has 8 heteroatoms. The number of benzene rings is 1. The number of fused-ring (bicyclic) bond motifs is 2. The number of halogens is 1. The third-order valence-electron chi connectivity index (χ3n) is 6.28. The predicted octanol–water partition coefficient (Wildman–Crippen LogP) is 3.27. The van der Waals surface area contributed by atoms with Gasteiger partial charge in [0.1, 0.15) is 24.2 Å². The van der Waals surface area contributed by atoms with E-state index in [0.29, 0.717) is 17.2 Å². The van der Waals surface area contributed by atoms with Crippen molar-refractivity contribution in [2.24, 2.45) is 7.05 Å². The van der Waals surface area contributed by atoms with Crippen molar-refractivity contribution in [3.8, 4) is 5.75 Å². The maximum atomic E-state index is 13.0. The molecule has 30 heavy (non-hydrogen) atoms. The lowest BCUT2D eigenvalue weighted by atomic mass is 10.00. The molecule has 3 aliphatic heterocycles. The van der Waals surface area contributed by atoms with Crippen molar-refractivity contribution in [3.05, 3.63) is 47.5 Å². The molecule has 1 aromatic carbocycles. The molecule has 7 nitrogen and oxygen atoms in total. The van der Waals surface area contributed by atoms with Crippen molar-refractivity contribution < 1.29 is 23.6 Å². The third kappa shape index (κ3) is 3.82. The Balaban J connectivity index is 1.22. The lowest BCUT2D eigenvalue weighted by Gasteiger charge is -2.37.